The summed E-state index contributed by atoms with van der Waals surface area (Å²) in [7, 11) is 0. The quantitative estimate of drug-likeness (QED) is 0.230. The van der Waals surface area contributed by atoms with Gasteiger partial charge in [0.15, 0.2) is 18.0 Å². The van der Waals surface area contributed by atoms with Crippen molar-refractivity contribution in [3.05, 3.63) is 144 Å². The van der Waals surface area contributed by atoms with Crippen LogP contribution in [-0.2, 0) is 6.54 Å². The van der Waals surface area contributed by atoms with Gasteiger partial charge >= 0.3 is 0 Å². The van der Waals surface area contributed by atoms with Crippen molar-refractivity contribution in [1.29, 1.82) is 0 Å². The standard InChI is InChI=1S/C37H26N4O/c1-2-9-24(10-3-1)35-39-36(41-37(40-35)34-33-29-12-6-7-13-31(29)42-32(33)21-38-34)25-15-14-23-17-18-27-26-11-5-4-8-22(26)16-19-28(27)30(23)20-25/h1-20,35-36,39H,21H2,(H,40,41)/p+1. The second-order valence-electron chi connectivity index (χ2n) is 11.1. The largest absolute Gasteiger partial charge is 0.458 e. The Bertz CT molecular complexity index is 2250. The third-order valence-electron chi connectivity index (χ3n) is 8.67. The monoisotopic (exact) mass is 543 g/mol. The van der Waals surface area contributed by atoms with Gasteiger partial charge in [-0.3, -0.25) is 15.3 Å². The van der Waals surface area contributed by atoms with E-state index in [1.807, 2.05) is 12.1 Å². The predicted molar refractivity (Wildman–Crippen MR) is 170 cm³/mol. The highest BCUT2D eigenvalue weighted by Gasteiger charge is 2.37. The molecule has 0 bridgehead atoms. The maximum absolute atomic E-state index is 6.18. The molecule has 5 nitrogen and oxygen atoms in total. The Kier molecular flexibility index (Phi) is 5.10. The first-order chi connectivity index (χ1) is 20.8. The topological polar surface area (TPSA) is 63.5 Å². The number of hydrogen-bond donors (Lipinski definition) is 3. The summed E-state index contributed by atoms with van der Waals surface area (Å²) in [5, 5.41) is 16.2. The maximum atomic E-state index is 6.18. The van der Waals surface area contributed by atoms with Gasteiger partial charge in [0.05, 0.1) is 12.1 Å². The Hall–Kier alpha value is -5.26. The molecule has 200 valence electrons. The normalized spacial score (nSPS) is 18.3. The number of para-hydroxylation sites is 1. The van der Waals surface area contributed by atoms with Crippen molar-refractivity contribution in [3.8, 4) is 0 Å². The van der Waals surface area contributed by atoms with E-state index >= 15 is 0 Å². The van der Waals surface area contributed by atoms with Crippen molar-refractivity contribution in [2.24, 2.45) is 4.99 Å². The van der Waals surface area contributed by atoms with Crippen LogP contribution in [0.1, 0.15) is 34.8 Å². The highest BCUT2D eigenvalue weighted by atomic mass is 16.3. The lowest BCUT2D eigenvalue weighted by Gasteiger charge is -2.27. The Morgan fingerprint density at radius 1 is 0.643 bits per heavy atom. The average Bonchev–Trinajstić information content (AvgIpc) is 3.64. The molecule has 0 aliphatic carbocycles. The van der Waals surface area contributed by atoms with Crippen LogP contribution in [-0.4, -0.2) is 11.5 Å². The fourth-order valence-corrected chi connectivity index (χ4v) is 6.64. The molecule has 9 rings (SSSR count). The van der Waals surface area contributed by atoms with E-state index in [1.54, 1.807) is 0 Å². The first kappa shape index (κ1) is 23.4. The SMILES string of the molecule is c1ccc(C2NC(C3=NCc4oc5ccccc5c43)=[NH+]C(c3ccc4ccc5c6ccccc6ccc5c4c3)N2)cc1. The third kappa shape index (κ3) is 3.60. The van der Waals surface area contributed by atoms with Crippen molar-refractivity contribution in [1.82, 2.24) is 10.6 Å². The number of fused-ring (bicyclic) bond motifs is 8. The molecule has 0 amide bonds. The summed E-state index contributed by atoms with van der Waals surface area (Å²) in [5.74, 6) is 1.82. The Morgan fingerprint density at radius 2 is 1.36 bits per heavy atom. The van der Waals surface area contributed by atoms with Gasteiger partial charge in [0.1, 0.15) is 11.3 Å². The van der Waals surface area contributed by atoms with Crippen LogP contribution in [0.4, 0.5) is 0 Å². The van der Waals surface area contributed by atoms with E-state index in [2.05, 4.69) is 125 Å². The van der Waals surface area contributed by atoms with E-state index in [0.717, 1.165) is 39.4 Å². The predicted octanol–water partition coefficient (Wildman–Crippen LogP) is 6.26. The van der Waals surface area contributed by atoms with Gasteiger partial charge in [-0.1, -0.05) is 109 Å². The zero-order valence-corrected chi connectivity index (χ0v) is 22.8. The van der Waals surface area contributed by atoms with Crippen molar-refractivity contribution in [3.63, 3.8) is 0 Å². The van der Waals surface area contributed by atoms with Crippen molar-refractivity contribution < 1.29 is 9.41 Å². The molecule has 3 heterocycles. The number of amidine groups is 1. The molecule has 0 fully saturated rings. The second-order valence-corrected chi connectivity index (χ2v) is 11.1. The van der Waals surface area contributed by atoms with Crippen molar-refractivity contribution in [2.75, 3.05) is 0 Å². The van der Waals surface area contributed by atoms with E-state index in [0.29, 0.717) is 6.54 Å². The van der Waals surface area contributed by atoms with Gasteiger partial charge in [-0.05, 0) is 44.5 Å². The molecule has 2 unspecified atom stereocenters. The van der Waals surface area contributed by atoms with Crippen LogP contribution in [0.5, 0.6) is 0 Å². The van der Waals surface area contributed by atoms with Crippen molar-refractivity contribution >= 4 is 54.8 Å². The molecule has 0 spiro atoms. The number of rotatable bonds is 3. The highest BCUT2D eigenvalue weighted by Crippen LogP contribution is 2.34. The second kappa shape index (κ2) is 9.13. The van der Waals surface area contributed by atoms with Crippen LogP contribution in [0.3, 0.4) is 0 Å². The van der Waals surface area contributed by atoms with Crippen LogP contribution in [0.25, 0.3) is 43.3 Å². The number of aliphatic imine (C=N–C) groups is 1. The summed E-state index contributed by atoms with van der Waals surface area (Å²) < 4.78 is 6.18. The zero-order valence-electron chi connectivity index (χ0n) is 22.8. The summed E-state index contributed by atoms with van der Waals surface area (Å²) in [5.41, 5.74) is 5.22. The Morgan fingerprint density at radius 3 is 2.24 bits per heavy atom. The molecule has 0 radical (unpaired) electrons. The van der Waals surface area contributed by atoms with E-state index < -0.39 is 0 Å². The van der Waals surface area contributed by atoms with Gasteiger partial charge in [0.2, 0.25) is 0 Å². The third-order valence-corrected chi connectivity index (χ3v) is 8.67. The van der Waals surface area contributed by atoms with Crippen LogP contribution in [0.2, 0.25) is 0 Å². The lowest BCUT2D eigenvalue weighted by Crippen LogP contribution is -2.86. The fraction of sp³-hybridized carbons (Fsp3) is 0.0811. The molecule has 0 saturated heterocycles. The molecule has 1 aromatic heterocycles. The molecule has 0 saturated carbocycles. The van der Waals surface area contributed by atoms with Gasteiger partial charge in [-0.2, -0.15) is 0 Å². The van der Waals surface area contributed by atoms with Crippen LogP contribution in [0, 0.1) is 0 Å². The van der Waals surface area contributed by atoms with Crippen LogP contribution < -0.4 is 15.6 Å². The molecule has 2 atom stereocenters. The lowest BCUT2D eigenvalue weighted by molar-refractivity contribution is -0.526. The van der Waals surface area contributed by atoms with E-state index in [4.69, 9.17) is 9.41 Å². The fourth-order valence-electron chi connectivity index (χ4n) is 6.64. The molecule has 42 heavy (non-hydrogen) atoms. The van der Waals surface area contributed by atoms with Crippen LogP contribution >= 0.6 is 0 Å². The minimum atomic E-state index is -0.142. The number of nitrogens with zero attached hydrogens (tertiary/aromatic N) is 1. The molecule has 2 aliphatic heterocycles. The van der Waals surface area contributed by atoms with E-state index in [9.17, 15) is 0 Å². The lowest BCUT2D eigenvalue weighted by atomic mass is 9.95. The van der Waals surface area contributed by atoms with Gasteiger partial charge in [-0.15, -0.1) is 0 Å². The summed E-state index contributed by atoms with van der Waals surface area (Å²) in [6, 6.07) is 43.1. The minimum absolute atomic E-state index is 0.107. The molecule has 2 aliphatic rings. The Balaban J connectivity index is 1.20. The molecule has 6 aromatic carbocycles. The average molecular weight is 544 g/mol. The van der Waals surface area contributed by atoms with E-state index in [-0.39, 0.29) is 12.3 Å². The summed E-state index contributed by atoms with van der Waals surface area (Å²) >= 11 is 0. The van der Waals surface area contributed by atoms with E-state index in [1.165, 1.54) is 37.9 Å². The highest BCUT2D eigenvalue weighted by molar-refractivity contribution is 6.48. The molecule has 5 heteroatoms. The Labute approximate surface area is 242 Å². The maximum Gasteiger partial charge on any atom is 0.297 e. The first-order valence-corrected chi connectivity index (χ1v) is 14.4. The first-order valence-electron chi connectivity index (χ1n) is 14.4. The van der Waals surface area contributed by atoms with Gasteiger partial charge < -0.3 is 4.42 Å². The molecular weight excluding hydrogens is 516 g/mol. The van der Waals surface area contributed by atoms with Gasteiger partial charge in [0.25, 0.3) is 5.84 Å². The molecule has 7 aromatic rings. The smallest absolute Gasteiger partial charge is 0.297 e. The van der Waals surface area contributed by atoms with Crippen LogP contribution in [0.15, 0.2) is 131 Å². The number of hydrogen-bond acceptors (Lipinski definition) is 4. The van der Waals surface area contributed by atoms with Crippen molar-refractivity contribution in [2.45, 2.75) is 18.9 Å². The van der Waals surface area contributed by atoms with Gasteiger partial charge in [-0.25, -0.2) is 5.32 Å². The van der Waals surface area contributed by atoms with Gasteiger partial charge in [0, 0.05) is 16.5 Å². The minimum Gasteiger partial charge on any atom is -0.458 e. The zero-order chi connectivity index (χ0) is 27.6. The summed E-state index contributed by atoms with van der Waals surface area (Å²) in [4.78, 5) is 8.72. The number of nitrogens with one attached hydrogen (secondary N) is 3. The summed E-state index contributed by atoms with van der Waals surface area (Å²) in [6.45, 7) is 0.538. The summed E-state index contributed by atoms with van der Waals surface area (Å²) in [6.07, 6.45) is -0.249. The number of benzene rings is 6. The molecular formula is C37H27N4O+. The number of furan rings is 1. The molecule has 3 N–H and O–H groups in total.